The number of rotatable bonds is 9. The van der Waals surface area contributed by atoms with Crippen molar-refractivity contribution in [2.24, 2.45) is 0 Å². The van der Waals surface area contributed by atoms with Gasteiger partial charge in [0.05, 0.1) is 28.2 Å². The molecule has 0 spiro atoms. The second kappa shape index (κ2) is 11.9. The fourth-order valence-corrected chi connectivity index (χ4v) is 5.53. The van der Waals surface area contributed by atoms with Crippen molar-refractivity contribution >= 4 is 39.0 Å². The third-order valence-electron chi connectivity index (χ3n) is 6.07. The van der Waals surface area contributed by atoms with E-state index in [1.807, 2.05) is 30.3 Å². The van der Waals surface area contributed by atoms with Gasteiger partial charge in [-0.1, -0.05) is 24.3 Å². The lowest BCUT2D eigenvalue weighted by atomic mass is 10.2. The smallest absolute Gasteiger partial charge is 0.338 e. The molecule has 4 rings (SSSR count). The average Bonchev–Trinajstić information content (AvgIpc) is 2.96. The highest BCUT2D eigenvalue weighted by Crippen LogP contribution is 2.29. The summed E-state index contributed by atoms with van der Waals surface area (Å²) in [5.41, 5.74) is 0.753. The van der Waals surface area contributed by atoms with Crippen LogP contribution >= 0.6 is 0 Å². The minimum Gasteiger partial charge on any atom is -0.495 e. The molecule has 1 amide bonds. The topological polar surface area (TPSA) is 148 Å². The lowest BCUT2D eigenvalue weighted by molar-refractivity contribution is -0.384. The standard InChI is InChI=1S/C26H26N4O8S/c1-37-24-11-10-21(30(33)34)17-23(24)27-25(31)18-38-26(32)19-6-5-9-22(16-19)39(35,36)29-14-12-28(13-15-29)20-7-3-2-4-8-20/h2-11,16-17H,12-15,18H2,1H3,(H,27,31). The normalized spacial score (nSPS) is 13.9. The van der Waals surface area contributed by atoms with E-state index < -0.39 is 33.4 Å². The van der Waals surface area contributed by atoms with Gasteiger partial charge >= 0.3 is 5.97 Å². The Morgan fingerprint density at radius 3 is 2.36 bits per heavy atom. The predicted octanol–water partition coefficient (Wildman–Crippen LogP) is 2.91. The molecule has 0 aromatic heterocycles. The zero-order valence-electron chi connectivity index (χ0n) is 21.0. The number of anilines is 2. The lowest BCUT2D eigenvalue weighted by Crippen LogP contribution is -2.48. The highest BCUT2D eigenvalue weighted by Gasteiger charge is 2.29. The number of nitrogens with one attached hydrogen (secondary N) is 1. The molecule has 0 radical (unpaired) electrons. The summed E-state index contributed by atoms with van der Waals surface area (Å²) in [5, 5.41) is 13.4. The second-order valence-electron chi connectivity index (χ2n) is 8.52. The fraction of sp³-hybridized carbons (Fsp3) is 0.231. The van der Waals surface area contributed by atoms with Crippen LogP contribution in [0.25, 0.3) is 0 Å². The Hall–Kier alpha value is -4.49. The van der Waals surface area contributed by atoms with Crippen LogP contribution in [0.2, 0.25) is 0 Å². The minimum absolute atomic E-state index is 0.0354. The van der Waals surface area contributed by atoms with Crippen LogP contribution < -0.4 is 15.0 Å². The Balaban J connectivity index is 1.37. The van der Waals surface area contributed by atoms with E-state index in [9.17, 15) is 28.1 Å². The molecule has 0 atom stereocenters. The van der Waals surface area contributed by atoms with Gasteiger partial charge < -0.3 is 19.7 Å². The number of benzene rings is 3. The van der Waals surface area contributed by atoms with Crippen molar-refractivity contribution in [2.45, 2.75) is 4.90 Å². The van der Waals surface area contributed by atoms with Crippen LogP contribution in [-0.2, 0) is 19.6 Å². The molecular formula is C26H26N4O8S. The Bertz CT molecular complexity index is 1470. The van der Waals surface area contributed by atoms with Crippen molar-refractivity contribution in [1.29, 1.82) is 0 Å². The number of carbonyl (C=O) groups excluding carboxylic acids is 2. The van der Waals surface area contributed by atoms with Gasteiger partial charge in [-0.3, -0.25) is 14.9 Å². The number of nitrogens with zero attached hydrogens (tertiary/aromatic N) is 3. The maximum Gasteiger partial charge on any atom is 0.338 e. The summed E-state index contributed by atoms with van der Waals surface area (Å²) in [4.78, 5) is 37.4. The first-order valence-corrected chi connectivity index (χ1v) is 13.3. The summed E-state index contributed by atoms with van der Waals surface area (Å²) in [5.74, 6) is -1.48. The van der Waals surface area contributed by atoms with Crippen LogP contribution in [0.1, 0.15) is 10.4 Å². The first-order chi connectivity index (χ1) is 18.7. The average molecular weight is 555 g/mol. The largest absolute Gasteiger partial charge is 0.495 e. The number of methoxy groups -OCH3 is 1. The molecule has 1 saturated heterocycles. The van der Waals surface area contributed by atoms with E-state index in [1.54, 1.807) is 0 Å². The summed E-state index contributed by atoms with van der Waals surface area (Å²) < 4.78 is 38.0. The molecular weight excluding hydrogens is 528 g/mol. The number of sulfonamides is 1. The Labute approximate surface area is 224 Å². The molecule has 0 saturated carbocycles. The molecule has 1 aliphatic heterocycles. The molecule has 1 heterocycles. The van der Waals surface area contributed by atoms with Gasteiger partial charge in [-0.05, 0) is 36.4 Å². The molecule has 13 heteroatoms. The molecule has 0 unspecified atom stereocenters. The number of esters is 1. The molecule has 1 N–H and O–H groups in total. The molecule has 3 aromatic rings. The maximum atomic E-state index is 13.2. The summed E-state index contributed by atoms with van der Waals surface area (Å²) in [6.45, 7) is 0.911. The van der Waals surface area contributed by atoms with Gasteiger partial charge in [0.1, 0.15) is 5.75 Å². The first-order valence-electron chi connectivity index (χ1n) is 11.9. The van der Waals surface area contributed by atoms with Gasteiger partial charge in [0.15, 0.2) is 6.61 Å². The van der Waals surface area contributed by atoms with E-state index in [2.05, 4.69) is 10.2 Å². The summed E-state index contributed by atoms with van der Waals surface area (Å²) >= 11 is 0. The third-order valence-corrected chi connectivity index (χ3v) is 7.96. The van der Waals surface area contributed by atoms with Crippen molar-refractivity contribution in [2.75, 3.05) is 50.1 Å². The Morgan fingerprint density at radius 1 is 0.974 bits per heavy atom. The van der Waals surface area contributed by atoms with E-state index in [1.165, 1.54) is 47.8 Å². The van der Waals surface area contributed by atoms with E-state index in [-0.39, 0.29) is 40.7 Å². The third kappa shape index (κ3) is 6.51. The molecule has 204 valence electrons. The minimum atomic E-state index is -3.86. The number of nitro groups is 1. The Morgan fingerprint density at radius 2 is 1.69 bits per heavy atom. The SMILES string of the molecule is COc1ccc([N+](=O)[O-])cc1NC(=O)COC(=O)c1cccc(S(=O)(=O)N2CCN(c3ccccc3)CC2)c1. The number of ether oxygens (including phenoxy) is 2. The maximum absolute atomic E-state index is 13.2. The van der Waals surface area contributed by atoms with E-state index in [4.69, 9.17) is 9.47 Å². The summed E-state index contributed by atoms with van der Waals surface area (Å²) in [6, 6.07) is 18.8. The monoisotopic (exact) mass is 554 g/mol. The number of carbonyl (C=O) groups is 2. The zero-order chi connectivity index (χ0) is 28.0. The number of hydrogen-bond acceptors (Lipinski definition) is 9. The van der Waals surface area contributed by atoms with Gasteiger partial charge in [0.2, 0.25) is 10.0 Å². The van der Waals surface area contributed by atoms with Gasteiger partial charge in [-0.2, -0.15) is 4.31 Å². The van der Waals surface area contributed by atoms with Crippen molar-refractivity contribution in [3.8, 4) is 5.75 Å². The molecule has 0 bridgehead atoms. The van der Waals surface area contributed by atoms with Crippen LogP contribution in [0.4, 0.5) is 17.1 Å². The fourth-order valence-electron chi connectivity index (χ4n) is 4.07. The first kappa shape index (κ1) is 27.5. The van der Waals surface area contributed by atoms with E-state index >= 15 is 0 Å². The van der Waals surface area contributed by atoms with Crippen LogP contribution in [-0.4, -0.2) is 69.4 Å². The number of para-hydroxylation sites is 1. The number of nitro benzene ring substituents is 1. The van der Waals surface area contributed by atoms with Crippen LogP contribution in [0.3, 0.4) is 0 Å². The summed E-state index contributed by atoms with van der Waals surface area (Å²) in [7, 11) is -2.53. The molecule has 1 fully saturated rings. The van der Waals surface area contributed by atoms with Crippen LogP contribution in [0, 0.1) is 10.1 Å². The number of hydrogen-bond donors (Lipinski definition) is 1. The second-order valence-corrected chi connectivity index (χ2v) is 10.5. The van der Waals surface area contributed by atoms with Crippen LogP contribution in [0.5, 0.6) is 5.75 Å². The number of piperazine rings is 1. The zero-order valence-corrected chi connectivity index (χ0v) is 21.8. The highest BCUT2D eigenvalue weighted by molar-refractivity contribution is 7.89. The van der Waals surface area contributed by atoms with Gasteiger partial charge in [-0.15, -0.1) is 0 Å². The molecule has 39 heavy (non-hydrogen) atoms. The Kier molecular flexibility index (Phi) is 8.42. The van der Waals surface area contributed by atoms with Crippen molar-refractivity contribution in [3.63, 3.8) is 0 Å². The van der Waals surface area contributed by atoms with E-state index in [0.717, 1.165) is 11.8 Å². The van der Waals surface area contributed by atoms with Crippen molar-refractivity contribution in [1.82, 2.24) is 4.31 Å². The van der Waals surface area contributed by atoms with Gasteiger partial charge in [-0.25, -0.2) is 13.2 Å². The quantitative estimate of drug-likeness (QED) is 0.239. The predicted molar refractivity (Wildman–Crippen MR) is 142 cm³/mol. The number of amides is 1. The van der Waals surface area contributed by atoms with Crippen molar-refractivity contribution < 1.29 is 32.4 Å². The number of non-ortho nitro benzene ring substituents is 1. The molecule has 12 nitrogen and oxygen atoms in total. The molecule has 3 aromatic carbocycles. The molecule has 0 aliphatic carbocycles. The van der Waals surface area contributed by atoms with Gasteiger partial charge in [0.25, 0.3) is 11.6 Å². The van der Waals surface area contributed by atoms with Gasteiger partial charge in [0, 0.05) is 44.0 Å². The molecule has 1 aliphatic rings. The van der Waals surface area contributed by atoms with Crippen LogP contribution in [0.15, 0.2) is 77.7 Å². The van der Waals surface area contributed by atoms with Crippen molar-refractivity contribution in [3.05, 3.63) is 88.5 Å². The van der Waals surface area contributed by atoms with E-state index in [0.29, 0.717) is 13.1 Å². The lowest BCUT2D eigenvalue weighted by Gasteiger charge is -2.35. The highest BCUT2D eigenvalue weighted by atomic mass is 32.2. The summed E-state index contributed by atoms with van der Waals surface area (Å²) in [6.07, 6.45) is 0.